The summed E-state index contributed by atoms with van der Waals surface area (Å²) in [4.78, 5) is 22.1. The highest BCUT2D eigenvalue weighted by Crippen LogP contribution is 1.82. The Kier molecular flexibility index (Phi) is 7.57. The first-order valence-corrected chi connectivity index (χ1v) is 4.68. The van der Waals surface area contributed by atoms with Crippen LogP contribution in [0.2, 0.25) is 0 Å². The molecule has 0 aromatic carbocycles. The molecule has 0 aliphatic heterocycles. The van der Waals surface area contributed by atoms with E-state index in [4.69, 9.17) is 4.74 Å². The van der Waals surface area contributed by atoms with Gasteiger partial charge in [0.1, 0.15) is 0 Å². The van der Waals surface area contributed by atoms with Crippen LogP contribution in [0.15, 0.2) is 0 Å². The van der Waals surface area contributed by atoms with Crippen molar-refractivity contribution in [3.8, 4) is 0 Å². The molecule has 0 fully saturated rings. The lowest BCUT2D eigenvalue weighted by Gasteiger charge is -2.12. The van der Waals surface area contributed by atoms with Crippen molar-refractivity contribution in [3.63, 3.8) is 0 Å². The third kappa shape index (κ3) is 6.87. The summed E-state index contributed by atoms with van der Waals surface area (Å²) in [5.41, 5.74) is 0. The van der Waals surface area contributed by atoms with Crippen LogP contribution in [0.25, 0.3) is 0 Å². The van der Waals surface area contributed by atoms with E-state index in [1.807, 2.05) is 0 Å². The zero-order chi connectivity index (χ0) is 11.7. The number of hydrogen-bond donors (Lipinski definition) is 2. The summed E-state index contributed by atoms with van der Waals surface area (Å²) in [5.74, 6) is -0.567. The Labute approximate surface area is 89.3 Å². The Hall–Kier alpha value is -1.14. The number of rotatable bonds is 7. The normalized spacial score (nSPS) is 11.9. The summed E-state index contributed by atoms with van der Waals surface area (Å²) in [7, 11) is 2.86. The second kappa shape index (κ2) is 8.19. The highest BCUT2D eigenvalue weighted by atomic mass is 16.5. The van der Waals surface area contributed by atoms with Gasteiger partial charge in [-0.3, -0.25) is 14.9 Å². The van der Waals surface area contributed by atoms with Gasteiger partial charge in [-0.25, -0.2) is 0 Å². The topological polar surface area (TPSA) is 76.7 Å². The average Bonchev–Trinajstić information content (AvgIpc) is 2.25. The summed E-state index contributed by atoms with van der Waals surface area (Å²) in [6.45, 7) is 2.62. The summed E-state index contributed by atoms with van der Waals surface area (Å²) < 4.78 is 9.20. The summed E-state index contributed by atoms with van der Waals surface area (Å²) >= 11 is 0. The van der Waals surface area contributed by atoms with Gasteiger partial charge in [-0.05, 0) is 6.92 Å². The van der Waals surface area contributed by atoms with Gasteiger partial charge in [0.25, 0.3) is 0 Å². The van der Waals surface area contributed by atoms with Gasteiger partial charge in [0.2, 0.25) is 5.91 Å². The zero-order valence-corrected chi connectivity index (χ0v) is 9.33. The van der Waals surface area contributed by atoms with Gasteiger partial charge in [0, 0.05) is 13.7 Å². The average molecular weight is 218 g/mol. The van der Waals surface area contributed by atoms with Crippen molar-refractivity contribution in [3.05, 3.63) is 0 Å². The molecule has 0 bridgehead atoms. The minimum atomic E-state index is -0.430. The molecule has 88 valence electrons. The van der Waals surface area contributed by atoms with Crippen LogP contribution >= 0.6 is 0 Å². The minimum Gasteiger partial charge on any atom is -0.468 e. The Bertz CT molecular complexity index is 208. The maximum absolute atomic E-state index is 11.3. The zero-order valence-electron chi connectivity index (χ0n) is 9.33. The molecule has 0 radical (unpaired) electrons. The molecule has 0 rings (SSSR count). The number of ether oxygens (including phenoxy) is 2. The molecule has 0 aromatic heterocycles. The van der Waals surface area contributed by atoms with Crippen LogP contribution in [0.5, 0.6) is 0 Å². The summed E-state index contributed by atoms with van der Waals surface area (Å²) in [5, 5.41) is 5.38. The molecule has 0 aliphatic carbocycles. The Morgan fingerprint density at radius 1 is 1.33 bits per heavy atom. The molecule has 0 spiro atoms. The van der Waals surface area contributed by atoms with Crippen molar-refractivity contribution in [2.45, 2.75) is 13.0 Å². The Morgan fingerprint density at radius 3 is 2.53 bits per heavy atom. The lowest BCUT2D eigenvalue weighted by Crippen LogP contribution is -2.44. The van der Waals surface area contributed by atoms with E-state index in [2.05, 4.69) is 15.4 Å². The van der Waals surface area contributed by atoms with Crippen molar-refractivity contribution in [1.82, 2.24) is 10.6 Å². The van der Waals surface area contributed by atoms with Crippen LogP contribution in [0.3, 0.4) is 0 Å². The molecule has 6 heteroatoms. The quantitative estimate of drug-likeness (QED) is 0.419. The van der Waals surface area contributed by atoms with Crippen LogP contribution in [0.1, 0.15) is 6.92 Å². The molecular formula is C9H18N2O4. The van der Waals surface area contributed by atoms with E-state index in [0.29, 0.717) is 13.2 Å². The van der Waals surface area contributed by atoms with E-state index in [-0.39, 0.29) is 12.5 Å². The molecule has 0 saturated carbocycles. The van der Waals surface area contributed by atoms with Gasteiger partial charge in [-0.1, -0.05) is 0 Å². The van der Waals surface area contributed by atoms with Crippen LogP contribution < -0.4 is 10.6 Å². The third-order valence-electron chi connectivity index (χ3n) is 1.78. The molecule has 15 heavy (non-hydrogen) atoms. The SMILES string of the molecule is COCCNC(=O)C(C)NCC(=O)OC. The smallest absolute Gasteiger partial charge is 0.319 e. The third-order valence-corrected chi connectivity index (χ3v) is 1.78. The molecule has 0 aliphatic rings. The molecule has 0 aromatic rings. The van der Waals surface area contributed by atoms with E-state index in [9.17, 15) is 9.59 Å². The van der Waals surface area contributed by atoms with Gasteiger partial charge in [-0.15, -0.1) is 0 Å². The van der Waals surface area contributed by atoms with Crippen molar-refractivity contribution in [2.75, 3.05) is 33.9 Å². The lowest BCUT2D eigenvalue weighted by molar-refractivity contribution is -0.139. The van der Waals surface area contributed by atoms with Gasteiger partial charge < -0.3 is 14.8 Å². The first-order valence-electron chi connectivity index (χ1n) is 4.68. The first kappa shape index (κ1) is 13.9. The fraction of sp³-hybridized carbons (Fsp3) is 0.778. The number of methoxy groups -OCH3 is 2. The van der Waals surface area contributed by atoms with E-state index < -0.39 is 12.0 Å². The van der Waals surface area contributed by atoms with Gasteiger partial charge >= 0.3 is 5.97 Å². The highest BCUT2D eigenvalue weighted by Gasteiger charge is 2.12. The summed E-state index contributed by atoms with van der Waals surface area (Å²) in [6, 6.07) is -0.430. The van der Waals surface area contributed by atoms with Gasteiger partial charge in [0.15, 0.2) is 0 Å². The van der Waals surface area contributed by atoms with Crippen LogP contribution in [0, 0.1) is 0 Å². The van der Waals surface area contributed by atoms with E-state index in [1.54, 1.807) is 14.0 Å². The van der Waals surface area contributed by atoms with Crippen molar-refractivity contribution < 1.29 is 19.1 Å². The molecular weight excluding hydrogens is 200 g/mol. The molecule has 1 unspecified atom stereocenters. The molecule has 1 atom stereocenters. The van der Waals surface area contributed by atoms with Crippen molar-refractivity contribution >= 4 is 11.9 Å². The molecule has 6 nitrogen and oxygen atoms in total. The Morgan fingerprint density at radius 2 is 2.00 bits per heavy atom. The molecule has 0 saturated heterocycles. The van der Waals surface area contributed by atoms with Gasteiger partial charge in [0.05, 0.1) is 26.3 Å². The Balaban J connectivity index is 3.64. The standard InChI is InChI=1S/C9H18N2O4/c1-7(11-6-8(12)15-3)9(13)10-4-5-14-2/h7,11H,4-6H2,1-3H3,(H,10,13). The van der Waals surface area contributed by atoms with E-state index in [0.717, 1.165) is 0 Å². The number of nitrogens with one attached hydrogen (secondary N) is 2. The molecule has 0 heterocycles. The summed E-state index contributed by atoms with van der Waals surface area (Å²) in [6.07, 6.45) is 0. The fourth-order valence-electron chi connectivity index (χ4n) is 0.831. The first-order chi connectivity index (χ1) is 7.11. The lowest BCUT2D eigenvalue weighted by atomic mass is 10.3. The monoisotopic (exact) mass is 218 g/mol. The maximum atomic E-state index is 11.3. The predicted octanol–water partition coefficient (Wildman–Crippen LogP) is -1.10. The van der Waals surface area contributed by atoms with Crippen molar-refractivity contribution in [2.24, 2.45) is 0 Å². The second-order valence-corrected chi connectivity index (χ2v) is 2.96. The van der Waals surface area contributed by atoms with Crippen molar-refractivity contribution in [1.29, 1.82) is 0 Å². The highest BCUT2D eigenvalue weighted by molar-refractivity contribution is 5.82. The minimum absolute atomic E-state index is 0.0232. The number of amides is 1. The number of hydrogen-bond acceptors (Lipinski definition) is 5. The second-order valence-electron chi connectivity index (χ2n) is 2.96. The predicted molar refractivity (Wildman–Crippen MR) is 54.4 cm³/mol. The fourth-order valence-corrected chi connectivity index (χ4v) is 0.831. The number of esters is 1. The van der Waals surface area contributed by atoms with Crippen LogP contribution in [-0.2, 0) is 19.1 Å². The maximum Gasteiger partial charge on any atom is 0.319 e. The van der Waals surface area contributed by atoms with E-state index >= 15 is 0 Å². The largest absolute Gasteiger partial charge is 0.468 e. The molecule has 2 N–H and O–H groups in total. The van der Waals surface area contributed by atoms with Crippen LogP contribution in [0.4, 0.5) is 0 Å². The van der Waals surface area contributed by atoms with Crippen LogP contribution in [-0.4, -0.2) is 51.8 Å². The van der Waals surface area contributed by atoms with E-state index in [1.165, 1.54) is 7.11 Å². The van der Waals surface area contributed by atoms with Gasteiger partial charge in [-0.2, -0.15) is 0 Å². The number of carbonyl (C=O) groups excluding carboxylic acids is 2. The molecule has 1 amide bonds. The number of carbonyl (C=O) groups is 2.